The third-order valence-electron chi connectivity index (χ3n) is 5.80. The summed E-state index contributed by atoms with van der Waals surface area (Å²) in [7, 11) is 0. The number of hydrogen-bond acceptors (Lipinski definition) is 8. The van der Waals surface area contributed by atoms with Crippen LogP contribution >= 0.6 is 0 Å². The Labute approximate surface area is 190 Å². The highest BCUT2D eigenvalue weighted by molar-refractivity contribution is 5.61. The molecule has 0 bridgehead atoms. The fourth-order valence-electron chi connectivity index (χ4n) is 4.06. The summed E-state index contributed by atoms with van der Waals surface area (Å²) in [5.41, 5.74) is 2.40. The molecule has 0 radical (unpaired) electrons. The van der Waals surface area contributed by atoms with Crippen LogP contribution in [0.3, 0.4) is 0 Å². The molecule has 0 spiro atoms. The second-order valence-corrected chi connectivity index (χ2v) is 8.08. The molecule has 9 heteroatoms. The zero-order valence-corrected chi connectivity index (χ0v) is 18.1. The van der Waals surface area contributed by atoms with Crippen LogP contribution in [0.2, 0.25) is 0 Å². The first-order valence-corrected chi connectivity index (χ1v) is 10.8. The fraction of sp³-hybridized carbons (Fsp3) is 0.250. The van der Waals surface area contributed by atoms with Crippen LogP contribution in [0, 0.1) is 17.0 Å². The van der Waals surface area contributed by atoms with E-state index in [-0.39, 0.29) is 11.6 Å². The summed E-state index contributed by atoms with van der Waals surface area (Å²) in [5, 5.41) is 15.3. The second kappa shape index (κ2) is 8.78. The Morgan fingerprint density at radius 3 is 2.45 bits per heavy atom. The summed E-state index contributed by atoms with van der Waals surface area (Å²) in [6.07, 6.45) is 1.73. The Balaban J connectivity index is 1.31. The third-order valence-corrected chi connectivity index (χ3v) is 5.80. The molecule has 1 aliphatic rings. The standard InChI is InChI=1S/C24H22N6O3/c1-16-14-21(26-22(25-16)19-8-5-9-20(15-19)30(31)32)29-12-10-18(11-13-29)24-27-23(28-33-24)17-6-3-2-4-7-17/h2-9,14-15,18H,10-13H2,1H3. The average molecular weight is 442 g/mol. The van der Waals surface area contributed by atoms with E-state index in [1.165, 1.54) is 12.1 Å². The van der Waals surface area contributed by atoms with Gasteiger partial charge in [0.25, 0.3) is 5.69 Å². The first-order valence-electron chi connectivity index (χ1n) is 10.8. The molecule has 0 unspecified atom stereocenters. The summed E-state index contributed by atoms with van der Waals surface area (Å²) in [5.74, 6) is 2.79. The fourth-order valence-corrected chi connectivity index (χ4v) is 4.06. The number of nitro groups is 1. The molecule has 1 fully saturated rings. The van der Waals surface area contributed by atoms with Crippen LogP contribution in [-0.2, 0) is 0 Å². The van der Waals surface area contributed by atoms with Gasteiger partial charge in [-0.15, -0.1) is 0 Å². The van der Waals surface area contributed by atoms with Gasteiger partial charge in [-0.2, -0.15) is 4.98 Å². The van der Waals surface area contributed by atoms with Gasteiger partial charge in [0.2, 0.25) is 11.7 Å². The van der Waals surface area contributed by atoms with Crippen LogP contribution < -0.4 is 4.90 Å². The number of non-ortho nitro benzene ring substituents is 1. The number of piperidine rings is 1. The second-order valence-electron chi connectivity index (χ2n) is 8.08. The van der Waals surface area contributed by atoms with Gasteiger partial charge in [-0.1, -0.05) is 47.6 Å². The zero-order chi connectivity index (χ0) is 22.8. The minimum atomic E-state index is -0.411. The molecule has 9 nitrogen and oxygen atoms in total. The third kappa shape index (κ3) is 4.43. The van der Waals surface area contributed by atoms with Crippen molar-refractivity contribution in [3.63, 3.8) is 0 Å². The van der Waals surface area contributed by atoms with E-state index in [1.54, 1.807) is 12.1 Å². The summed E-state index contributed by atoms with van der Waals surface area (Å²) < 4.78 is 5.57. The minimum Gasteiger partial charge on any atom is -0.356 e. The zero-order valence-electron chi connectivity index (χ0n) is 18.1. The summed E-state index contributed by atoms with van der Waals surface area (Å²) >= 11 is 0. The van der Waals surface area contributed by atoms with Gasteiger partial charge in [-0.3, -0.25) is 10.1 Å². The Morgan fingerprint density at radius 2 is 1.70 bits per heavy atom. The lowest BCUT2D eigenvalue weighted by molar-refractivity contribution is -0.384. The van der Waals surface area contributed by atoms with Gasteiger partial charge in [-0.25, -0.2) is 9.97 Å². The van der Waals surface area contributed by atoms with Gasteiger partial charge in [-0.05, 0) is 19.8 Å². The number of anilines is 1. The van der Waals surface area contributed by atoms with Gasteiger partial charge in [0.15, 0.2) is 5.82 Å². The summed E-state index contributed by atoms with van der Waals surface area (Å²) in [4.78, 5) is 26.8. The van der Waals surface area contributed by atoms with E-state index >= 15 is 0 Å². The van der Waals surface area contributed by atoms with E-state index in [4.69, 9.17) is 9.51 Å². The first kappa shape index (κ1) is 20.7. The Hall–Kier alpha value is -4.14. The van der Waals surface area contributed by atoms with Crippen LogP contribution in [0.4, 0.5) is 11.5 Å². The molecule has 3 heterocycles. The lowest BCUT2D eigenvalue weighted by Gasteiger charge is -2.31. The lowest BCUT2D eigenvalue weighted by atomic mass is 9.96. The molecule has 2 aromatic heterocycles. The molecule has 2 aromatic carbocycles. The van der Waals surface area contributed by atoms with Crippen LogP contribution in [-0.4, -0.2) is 38.1 Å². The molecule has 33 heavy (non-hydrogen) atoms. The van der Waals surface area contributed by atoms with E-state index < -0.39 is 4.92 Å². The van der Waals surface area contributed by atoms with Gasteiger partial charge < -0.3 is 9.42 Å². The molecule has 0 amide bonds. The van der Waals surface area contributed by atoms with E-state index in [9.17, 15) is 10.1 Å². The van der Waals surface area contributed by atoms with Gasteiger partial charge in [0.05, 0.1) is 4.92 Å². The molecule has 0 aliphatic carbocycles. The van der Waals surface area contributed by atoms with Crippen molar-refractivity contribution in [2.45, 2.75) is 25.7 Å². The summed E-state index contributed by atoms with van der Waals surface area (Å²) in [6, 6.07) is 18.2. The molecule has 166 valence electrons. The number of hydrogen-bond donors (Lipinski definition) is 0. The Morgan fingerprint density at radius 1 is 0.939 bits per heavy atom. The molecular weight excluding hydrogens is 420 g/mol. The van der Waals surface area contributed by atoms with E-state index in [2.05, 4.69) is 20.0 Å². The number of aryl methyl sites for hydroxylation is 1. The number of aromatic nitrogens is 4. The average Bonchev–Trinajstić information content (AvgIpc) is 3.35. The molecule has 1 saturated heterocycles. The van der Waals surface area contributed by atoms with E-state index in [1.807, 2.05) is 43.3 Å². The highest BCUT2D eigenvalue weighted by Crippen LogP contribution is 2.31. The molecule has 0 saturated carbocycles. The monoisotopic (exact) mass is 442 g/mol. The topological polar surface area (TPSA) is 111 Å². The predicted molar refractivity (Wildman–Crippen MR) is 123 cm³/mol. The van der Waals surface area contributed by atoms with Crippen molar-refractivity contribution in [3.05, 3.63) is 82.4 Å². The van der Waals surface area contributed by atoms with Crippen LogP contribution in [0.15, 0.2) is 65.2 Å². The number of nitrogens with zero attached hydrogens (tertiary/aromatic N) is 6. The number of rotatable bonds is 5. The lowest BCUT2D eigenvalue weighted by Crippen LogP contribution is -2.33. The quantitative estimate of drug-likeness (QED) is 0.320. The predicted octanol–water partition coefficient (Wildman–Crippen LogP) is 4.79. The molecule has 0 N–H and O–H groups in total. The van der Waals surface area contributed by atoms with Crippen molar-refractivity contribution >= 4 is 11.5 Å². The molecule has 4 aromatic rings. The molecule has 0 atom stereocenters. The van der Waals surface area contributed by atoms with Crippen molar-refractivity contribution in [2.24, 2.45) is 0 Å². The summed E-state index contributed by atoms with van der Waals surface area (Å²) in [6.45, 7) is 3.49. The Bertz CT molecular complexity index is 1280. The largest absolute Gasteiger partial charge is 0.356 e. The van der Waals surface area contributed by atoms with Crippen molar-refractivity contribution in [3.8, 4) is 22.8 Å². The van der Waals surface area contributed by atoms with Crippen LogP contribution in [0.5, 0.6) is 0 Å². The first-order chi connectivity index (χ1) is 16.1. The SMILES string of the molecule is Cc1cc(N2CCC(c3nc(-c4ccccc4)no3)CC2)nc(-c2cccc([N+](=O)[O-])c2)n1. The van der Waals surface area contributed by atoms with Gasteiger partial charge in [0, 0.05) is 54.0 Å². The normalized spacial score (nSPS) is 14.4. The highest BCUT2D eigenvalue weighted by Gasteiger charge is 2.26. The Kier molecular flexibility index (Phi) is 5.52. The maximum atomic E-state index is 11.1. The maximum absolute atomic E-state index is 11.1. The van der Waals surface area contributed by atoms with Gasteiger partial charge in [0.1, 0.15) is 5.82 Å². The van der Waals surface area contributed by atoms with Crippen molar-refractivity contribution in [1.82, 2.24) is 20.1 Å². The minimum absolute atomic E-state index is 0.0226. The highest BCUT2D eigenvalue weighted by atomic mass is 16.6. The molecule has 5 rings (SSSR count). The van der Waals surface area contributed by atoms with Crippen molar-refractivity contribution < 1.29 is 9.45 Å². The van der Waals surface area contributed by atoms with E-state index in [0.717, 1.165) is 43.0 Å². The number of nitro benzene ring substituents is 1. The molecular formula is C24H22N6O3. The number of benzene rings is 2. The maximum Gasteiger partial charge on any atom is 0.270 e. The van der Waals surface area contributed by atoms with Gasteiger partial charge >= 0.3 is 0 Å². The smallest absolute Gasteiger partial charge is 0.270 e. The van der Waals surface area contributed by atoms with Crippen molar-refractivity contribution in [1.29, 1.82) is 0 Å². The van der Waals surface area contributed by atoms with Crippen LogP contribution in [0.1, 0.15) is 30.3 Å². The molecule has 1 aliphatic heterocycles. The van der Waals surface area contributed by atoms with Crippen LogP contribution in [0.25, 0.3) is 22.8 Å². The van der Waals surface area contributed by atoms with E-state index in [0.29, 0.717) is 23.1 Å². The van der Waals surface area contributed by atoms with Crippen molar-refractivity contribution in [2.75, 3.05) is 18.0 Å².